The summed E-state index contributed by atoms with van der Waals surface area (Å²) in [5.74, 6) is 1.74. The summed E-state index contributed by atoms with van der Waals surface area (Å²) in [5, 5.41) is 25.4. The van der Waals surface area contributed by atoms with Crippen LogP contribution in [-0.2, 0) is 0 Å². The van der Waals surface area contributed by atoms with Crippen LogP contribution in [0.4, 0.5) is 0 Å². The largest absolute Gasteiger partial charge is 0.438 e. The molecule has 0 amide bonds. The number of rotatable bonds is 4. The second kappa shape index (κ2) is 6.91. The van der Waals surface area contributed by atoms with E-state index in [0.29, 0.717) is 34.4 Å². The highest BCUT2D eigenvalue weighted by molar-refractivity contribution is 5.37. The SMILES string of the molecule is N#Cc1ccc(Oc2ccc(Oc3ccc(C#N)cc3)nn2)cc1. The monoisotopic (exact) mass is 314 g/mol. The summed E-state index contributed by atoms with van der Waals surface area (Å²) in [4.78, 5) is 0. The molecule has 0 fully saturated rings. The lowest BCUT2D eigenvalue weighted by atomic mass is 10.2. The maximum Gasteiger partial charge on any atom is 0.239 e. The van der Waals surface area contributed by atoms with Crippen molar-refractivity contribution in [1.29, 1.82) is 10.5 Å². The Bertz CT molecular complexity index is 827. The van der Waals surface area contributed by atoms with E-state index in [4.69, 9.17) is 20.0 Å². The van der Waals surface area contributed by atoms with Gasteiger partial charge in [0, 0.05) is 12.1 Å². The third-order valence-corrected chi connectivity index (χ3v) is 3.03. The molecule has 3 aromatic rings. The molecule has 0 bridgehead atoms. The van der Waals surface area contributed by atoms with Crippen molar-refractivity contribution in [2.45, 2.75) is 0 Å². The molecule has 0 aliphatic rings. The lowest BCUT2D eigenvalue weighted by Gasteiger charge is -2.06. The zero-order valence-electron chi connectivity index (χ0n) is 12.4. The van der Waals surface area contributed by atoms with Crippen molar-refractivity contribution < 1.29 is 9.47 Å². The van der Waals surface area contributed by atoms with E-state index in [1.165, 1.54) is 0 Å². The maximum atomic E-state index is 8.76. The predicted octanol–water partition coefficient (Wildman–Crippen LogP) is 3.80. The van der Waals surface area contributed by atoms with E-state index >= 15 is 0 Å². The van der Waals surface area contributed by atoms with E-state index in [-0.39, 0.29) is 0 Å². The molecule has 0 spiro atoms. The Morgan fingerprint density at radius 3 is 1.25 bits per heavy atom. The van der Waals surface area contributed by atoms with Crippen LogP contribution in [0.5, 0.6) is 23.3 Å². The molecule has 114 valence electrons. The first kappa shape index (κ1) is 15.0. The van der Waals surface area contributed by atoms with Gasteiger partial charge in [-0.25, -0.2) is 0 Å². The van der Waals surface area contributed by atoms with E-state index in [0.717, 1.165) is 0 Å². The van der Waals surface area contributed by atoms with Crippen LogP contribution in [0.25, 0.3) is 0 Å². The molecule has 2 aromatic carbocycles. The second-order valence-corrected chi connectivity index (χ2v) is 4.69. The van der Waals surface area contributed by atoms with Crippen molar-refractivity contribution in [3.05, 3.63) is 71.8 Å². The van der Waals surface area contributed by atoms with Crippen LogP contribution in [0.1, 0.15) is 11.1 Å². The lowest BCUT2D eigenvalue weighted by molar-refractivity contribution is 0.427. The zero-order chi connectivity index (χ0) is 16.8. The van der Waals surface area contributed by atoms with E-state index in [1.807, 2.05) is 12.1 Å². The molecule has 0 saturated carbocycles. The van der Waals surface area contributed by atoms with Gasteiger partial charge in [-0.05, 0) is 48.5 Å². The minimum absolute atomic E-state index is 0.312. The molecular formula is C18H10N4O2. The molecule has 0 saturated heterocycles. The summed E-state index contributed by atoms with van der Waals surface area (Å²) in [6.45, 7) is 0. The molecule has 0 atom stereocenters. The predicted molar refractivity (Wildman–Crippen MR) is 84.5 cm³/mol. The van der Waals surface area contributed by atoms with Crippen LogP contribution in [0.3, 0.4) is 0 Å². The molecule has 0 unspecified atom stereocenters. The summed E-state index contributed by atoms with van der Waals surface area (Å²) in [5.41, 5.74) is 1.11. The minimum atomic E-state index is 0.312. The van der Waals surface area contributed by atoms with Gasteiger partial charge >= 0.3 is 0 Å². The quantitative estimate of drug-likeness (QED) is 0.727. The highest BCUT2D eigenvalue weighted by Crippen LogP contribution is 2.23. The van der Waals surface area contributed by atoms with Crippen molar-refractivity contribution in [2.24, 2.45) is 0 Å². The van der Waals surface area contributed by atoms with Crippen molar-refractivity contribution in [3.8, 4) is 35.4 Å². The van der Waals surface area contributed by atoms with Gasteiger partial charge in [-0.3, -0.25) is 0 Å². The number of nitriles is 2. The van der Waals surface area contributed by atoms with Crippen LogP contribution < -0.4 is 9.47 Å². The Hall–Kier alpha value is -3.90. The van der Waals surface area contributed by atoms with Crippen molar-refractivity contribution >= 4 is 0 Å². The van der Waals surface area contributed by atoms with Crippen molar-refractivity contribution in [3.63, 3.8) is 0 Å². The smallest absolute Gasteiger partial charge is 0.239 e. The molecular weight excluding hydrogens is 304 g/mol. The molecule has 24 heavy (non-hydrogen) atoms. The summed E-state index contributed by atoms with van der Waals surface area (Å²) >= 11 is 0. The average Bonchev–Trinajstić information content (AvgIpc) is 2.65. The first-order valence-electron chi connectivity index (χ1n) is 6.96. The van der Waals surface area contributed by atoms with Crippen LogP contribution in [0.15, 0.2) is 60.7 Å². The van der Waals surface area contributed by atoms with Crippen LogP contribution in [0.2, 0.25) is 0 Å². The molecule has 0 aliphatic carbocycles. The number of nitrogens with zero attached hydrogens (tertiary/aromatic N) is 4. The molecule has 1 heterocycles. The Kier molecular flexibility index (Phi) is 4.32. The van der Waals surface area contributed by atoms with Gasteiger partial charge in [0.25, 0.3) is 0 Å². The van der Waals surface area contributed by atoms with E-state index < -0.39 is 0 Å². The molecule has 6 nitrogen and oxygen atoms in total. The lowest BCUT2D eigenvalue weighted by Crippen LogP contribution is -1.93. The second-order valence-electron chi connectivity index (χ2n) is 4.69. The molecule has 0 aliphatic heterocycles. The number of aromatic nitrogens is 2. The molecule has 0 N–H and O–H groups in total. The topological polar surface area (TPSA) is 91.8 Å². The summed E-state index contributed by atoms with van der Waals surface area (Å²) in [6.07, 6.45) is 0. The first-order chi connectivity index (χ1) is 11.8. The Morgan fingerprint density at radius 1 is 0.583 bits per heavy atom. The first-order valence-corrected chi connectivity index (χ1v) is 6.96. The highest BCUT2D eigenvalue weighted by atomic mass is 16.5. The van der Waals surface area contributed by atoms with Gasteiger partial charge in [0.05, 0.1) is 23.3 Å². The van der Waals surface area contributed by atoms with Gasteiger partial charge in [0.15, 0.2) is 0 Å². The summed E-state index contributed by atoms with van der Waals surface area (Å²) in [6, 6.07) is 20.7. The average molecular weight is 314 g/mol. The van der Waals surface area contributed by atoms with Gasteiger partial charge in [-0.2, -0.15) is 10.5 Å². The highest BCUT2D eigenvalue weighted by Gasteiger charge is 2.03. The molecule has 0 radical (unpaired) electrons. The number of hydrogen-bond donors (Lipinski definition) is 0. The molecule has 3 rings (SSSR count). The Balaban J connectivity index is 1.66. The van der Waals surface area contributed by atoms with Crippen LogP contribution >= 0.6 is 0 Å². The molecule has 6 heteroatoms. The minimum Gasteiger partial charge on any atom is -0.438 e. The van der Waals surface area contributed by atoms with Gasteiger partial charge in [-0.1, -0.05) is 0 Å². The van der Waals surface area contributed by atoms with E-state index in [1.54, 1.807) is 60.7 Å². The third kappa shape index (κ3) is 3.65. The van der Waals surface area contributed by atoms with Gasteiger partial charge < -0.3 is 9.47 Å². The summed E-state index contributed by atoms with van der Waals surface area (Å²) in [7, 11) is 0. The van der Waals surface area contributed by atoms with Crippen LogP contribution in [0, 0.1) is 22.7 Å². The summed E-state index contributed by atoms with van der Waals surface area (Å²) < 4.78 is 11.1. The van der Waals surface area contributed by atoms with Gasteiger partial charge in [-0.15, -0.1) is 10.2 Å². The van der Waals surface area contributed by atoms with Crippen LogP contribution in [-0.4, -0.2) is 10.2 Å². The van der Waals surface area contributed by atoms with Gasteiger partial charge in [0.2, 0.25) is 11.8 Å². The van der Waals surface area contributed by atoms with E-state index in [2.05, 4.69) is 10.2 Å². The van der Waals surface area contributed by atoms with E-state index in [9.17, 15) is 0 Å². The standard InChI is InChI=1S/C18H10N4O2/c19-11-13-1-5-15(6-2-13)23-17-9-10-18(22-21-17)24-16-7-3-14(12-20)4-8-16/h1-10H. The maximum absolute atomic E-state index is 8.76. The molecule has 1 aromatic heterocycles. The Morgan fingerprint density at radius 2 is 0.958 bits per heavy atom. The van der Waals surface area contributed by atoms with Crippen molar-refractivity contribution in [2.75, 3.05) is 0 Å². The van der Waals surface area contributed by atoms with Gasteiger partial charge in [0.1, 0.15) is 11.5 Å². The third-order valence-electron chi connectivity index (χ3n) is 3.03. The fourth-order valence-corrected chi connectivity index (χ4v) is 1.85. The van der Waals surface area contributed by atoms with Crippen molar-refractivity contribution in [1.82, 2.24) is 10.2 Å². The number of ether oxygens (including phenoxy) is 2. The number of hydrogen-bond acceptors (Lipinski definition) is 6. The zero-order valence-corrected chi connectivity index (χ0v) is 12.4. The fraction of sp³-hybridized carbons (Fsp3) is 0. The fourth-order valence-electron chi connectivity index (χ4n) is 1.85. The normalized spacial score (nSPS) is 9.58. The Labute approximate surface area is 138 Å². The number of benzene rings is 2.